The van der Waals surface area contributed by atoms with Crippen LogP contribution in [0.15, 0.2) is 80.9 Å². The lowest BCUT2D eigenvalue weighted by molar-refractivity contribution is 0.0980. The third kappa shape index (κ3) is 4.51. The van der Waals surface area contributed by atoms with E-state index in [1.54, 1.807) is 32.3 Å². The molecule has 170 valence electrons. The molecule has 0 saturated carbocycles. The smallest absolute Gasteiger partial charge is 0.295 e. The molecule has 4 rings (SSSR count). The van der Waals surface area contributed by atoms with E-state index in [2.05, 4.69) is 20.7 Å². The van der Waals surface area contributed by atoms with E-state index < -0.39 is 15.9 Å². The number of halogens is 1. The molecule has 0 spiro atoms. The molecule has 0 aliphatic rings. The normalized spacial score (nSPS) is 11.6. The molecule has 0 aliphatic carbocycles. The van der Waals surface area contributed by atoms with Gasteiger partial charge < -0.3 is 0 Å². The largest absolute Gasteiger partial charge is 0.328 e. The Hall–Kier alpha value is -3.17. The maximum atomic E-state index is 13.1. The average molecular weight is 528 g/mol. The van der Waals surface area contributed by atoms with Crippen molar-refractivity contribution in [2.45, 2.75) is 17.7 Å². The van der Waals surface area contributed by atoms with Gasteiger partial charge in [0.1, 0.15) is 4.90 Å². The van der Waals surface area contributed by atoms with Crippen LogP contribution in [0.4, 0.5) is 0 Å². The molecule has 1 N–H and O–H groups in total. The van der Waals surface area contributed by atoms with Gasteiger partial charge in [-0.3, -0.25) is 13.9 Å². The van der Waals surface area contributed by atoms with Crippen LogP contribution in [0.25, 0.3) is 11.0 Å². The number of hydrogen-bond acceptors (Lipinski definition) is 4. The number of aromatic nitrogens is 2. The summed E-state index contributed by atoms with van der Waals surface area (Å²) in [6.45, 7) is 0. The van der Waals surface area contributed by atoms with Crippen LogP contribution in [0.2, 0.25) is 0 Å². The fourth-order valence-electron chi connectivity index (χ4n) is 3.82. The number of aryl methyl sites for hydroxylation is 4. The average Bonchev–Trinajstić information content (AvgIpc) is 3.01. The molecular weight excluding hydrogens is 506 g/mol. The minimum Gasteiger partial charge on any atom is -0.295 e. The van der Waals surface area contributed by atoms with E-state index in [-0.39, 0.29) is 15.1 Å². The lowest BCUT2D eigenvalue weighted by Crippen LogP contribution is -2.31. The minimum atomic E-state index is -4.21. The fraction of sp³-hybridized carbons (Fsp3) is 0.167. The molecule has 1 aromatic heterocycles. The molecule has 0 aliphatic heterocycles. The zero-order valence-electron chi connectivity index (χ0n) is 18.1. The van der Waals surface area contributed by atoms with Crippen LogP contribution in [0.1, 0.15) is 21.5 Å². The second kappa shape index (κ2) is 8.99. The van der Waals surface area contributed by atoms with Crippen molar-refractivity contribution in [3.63, 3.8) is 0 Å². The lowest BCUT2D eigenvalue weighted by atomic mass is 9.99. The first-order chi connectivity index (χ1) is 15.7. The highest BCUT2D eigenvalue weighted by Crippen LogP contribution is 2.27. The Balaban J connectivity index is 1.63. The van der Waals surface area contributed by atoms with Crippen molar-refractivity contribution in [2.24, 2.45) is 14.1 Å². The van der Waals surface area contributed by atoms with Crippen molar-refractivity contribution in [3.8, 4) is 0 Å². The van der Waals surface area contributed by atoms with Crippen LogP contribution in [0, 0.1) is 0 Å². The number of benzene rings is 3. The predicted octanol–water partition coefficient (Wildman–Crippen LogP) is 3.54. The van der Waals surface area contributed by atoms with Crippen LogP contribution >= 0.6 is 15.9 Å². The number of nitrogens with zero attached hydrogens (tertiary/aromatic N) is 2. The Kier molecular flexibility index (Phi) is 6.27. The Morgan fingerprint density at radius 1 is 0.909 bits per heavy atom. The SMILES string of the molecule is Cn1c(=O)n(C)c2cc(S(=O)(=O)NC(=O)c3ccccc3CCc3ccccc3)c(Br)cc21. The Labute approximate surface area is 199 Å². The first-order valence-electron chi connectivity index (χ1n) is 10.2. The number of rotatable bonds is 6. The first kappa shape index (κ1) is 23.0. The van der Waals surface area contributed by atoms with Gasteiger partial charge in [0.15, 0.2) is 0 Å². The Bertz CT molecular complexity index is 1520. The number of carbonyl (C=O) groups excluding carboxylic acids is 1. The molecule has 1 heterocycles. The zero-order chi connectivity index (χ0) is 23.8. The topological polar surface area (TPSA) is 90.2 Å². The summed E-state index contributed by atoms with van der Waals surface area (Å²) in [6, 6.07) is 19.8. The molecule has 0 bridgehead atoms. The summed E-state index contributed by atoms with van der Waals surface area (Å²) in [5, 5.41) is 0. The third-order valence-electron chi connectivity index (χ3n) is 5.63. The summed E-state index contributed by atoms with van der Waals surface area (Å²) in [5.41, 5.74) is 2.94. The second-order valence-corrected chi connectivity index (χ2v) is 10.3. The van der Waals surface area contributed by atoms with Crippen molar-refractivity contribution >= 4 is 42.9 Å². The van der Waals surface area contributed by atoms with E-state index in [4.69, 9.17) is 0 Å². The number of carbonyl (C=O) groups is 1. The van der Waals surface area contributed by atoms with E-state index in [1.165, 1.54) is 15.2 Å². The van der Waals surface area contributed by atoms with Gasteiger partial charge in [0.2, 0.25) is 0 Å². The molecule has 33 heavy (non-hydrogen) atoms. The first-order valence-corrected chi connectivity index (χ1v) is 12.5. The number of sulfonamides is 1. The molecule has 7 nitrogen and oxygen atoms in total. The van der Waals surface area contributed by atoms with Crippen LogP contribution in [-0.4, -0.2) is 23.5 Å². The van der Waals surface area contributed by atoms with Crippen molar-refractivity contribution in [2.75, 3.05) is 0 Å². The molecular formula is C24H22BrN3O4S. The molecule has 0 radical (unpaired) electrons. The summed E-state index contributed by atoms with van der Waals surface area (Å²) < 4.78 is 31.5. The van der Waals surface area contributed by atoms with E-state index >= 15 is 0 Å². The van der Waals surface area contributed by atoms with Crippen LogP contribution in [0.5, 0.6) is 0 Å². The molecule has 9 heteroatoms. The van der Waals surface area contributed by atoms with Crippen molar-refractivity contribution in [1.29, 1.82) is 0 Å². The van der Waals surface area contributed by atoms with Gasteiger partial charge in [0.25, 0.3) is 15.9 Å². The van der Waals surface area contributed by atoms with Crippen molar-refractivity contribution < 1.29 is 13.2 Å². The molecule has 0 unspecified atom stereocenters. The van der Waals surface area contributed by atoms with Gasteiger partial charge in [-0.15, -0.1) is 0 Å². The van der Waals surface area contributed by atoms with E-state index in [0.29, 0.717) is 23.0 Å². The predicted molar refractivity (Wildman–Crippen MR) is 131 cm³/mol. The molecule has 0 atom stereocenters. The summed E-state index contributed by atoms with van der Waals surface area (Å²) in [4.78, 5) is 25.1. The van der Waals surface area contributed by atoms with Crippen LogP contribution < -0.4 is 10.4 Å². The minimum absolute atomic E-state index is 0.119. The van der Waals surface area contributed by atoms with Crippen molar-refractivity contribution in [3.05, 3.63) is 98.4 Å². The number of amides is 1. The molecule has 4 aromatic rings. The van der Waals surface area contributed by atoms with Gasteiger partial charge in [-0.2, -0.15) is 0 Å². The number of fused-ring (bicyclic) bond motifs is 1. The summed E-state index contributed by atoms with van der Waals surface area (Å²) in [6.07, 6.45) is 1.32. The summed E-state index contributed by atoms with van der Waals surface area (Å²) in [5.74, 6) is -0.701. The maximum Gasteiger partial charge on any atom is 0.328 e. The lowest BCUT2D eigenvalue weighted by Gasteiger charge is -2.12. The van der Waals surface area contributed by atoms with E-state index in [0.717, 1.165) is 17.5 Å². The second-order valence-electron chi connectivity index (χ2n) is 7.75. The van der Waals surface area contributed by atoms with Gasteiger partial charge in [-0.05, 0) is 58.1 Å². The highest BCUT2D eigenvalue weighted by atomic mass is 79.9. The van der Waals surface area contributed by atoms with Gasteiger partial charge in [0.05, 0.1) is 11.0 Å². The summed E-state index contributed by atoms with van der Waals surface area (Å²) in [7, 11) is -1.03. The Morgan fingerprint density at radius 2 is 1.52 bits per heavy atom. The quantitative estimate of drug-likeness (QED) is 0.415. The van der Waals surface area contributed by atoms with Gasteiger partial charge >= 0.3 is 5.69 Å². The molecule has 1 amide bonds. The third-order valence-corrected chi connectivity index (χ3v) is 7.92. The highest BCUT2D eigenvalue weighted by molar-refractivity contribution is 9.10. The number of nitrogens with one attached hydrogen (secondary N) is 1. The summed E-state index contributed by atoms with van der Waals surface area (Å²) >= 11 is 3.28. The molecule has 0 saturated heterocycles. The van der Waals surface area contributed by atoms with Crippen LogP contribution in [-0.2, 0) is 37.0 Å². The van der Waals surface area contributed by atoms with Gasteiger partial charge in [-0.25, -0.2) is 17.9 Å². The van der Waals surface area contributed by atoms with Gasteiger partial charge in [0, 0.05) is 24.1 Å². The van der Waals surface area contributed by atoms with Crippen molar-refractivity contribution in [1.82, 2.24) is 13.9 Å². The molecule has 0 fully saturated rings. The van der Waals surface area contributed by atoms with E-state index in [9.17, 15) is 18.0 Å². The zero-order valence-corrected chi connectivity index (χ0v) is 20.5. The van der Waals surface area contributed by atoms with Crippen LogP contribution in [0.3, 0.4) is 0 Å². The number of imidazole rings is 1. The van der Waals surface area contributed by atoms with E-state index in [1.807, 2.05) is 42.5 Å². The monoisotopic (exact) mass is 527 g/mol. The van der Waals surface area contributed by atoms with Gasteiger partial charge in [-0.1, -0.05) is 48.5 Å². The highest BCUT2D eigenvalue weighted by Gasteiger charge is 2.24. The standard InChI is InChI=1S/C24H22BrN3O4S/c1-27-20-14-19(25)22(15-21(20)28(2)24(27)30)33(31,32)26-23(29)18-11-7-6-10-17(18)13-12-16-8-4-3-5-9-16/h3-11,14-15H,12-13H2,1-2H3,(H,26,29). The number of hydrogen-bond donors (Lipinski definition) is 1. The fourth-order valence-corrected chi connectivity index (χ4v) is 5.84. The Morgan fingerprint density at radius 3 is 2.21 bits per heavy atom. The maximum absolute atomic E-state index is 13.1. The molecule has 3 aromatic carbocycles.